The summed E-state index contributed by atoms with van der Waals surface area (Å²) >= 11 is 0. The molecule has 0 amide bonds. The second-order valence-electron chi connectivity index (χ2n) is 4.16. The summed E-state index contributed by atoms with van der Waals surface area (Å²) in [5.74, 6) is -0.253. The van der Waals surface area contributed by atoms with E-state index in [4.69, 9.17) is 10.00 Å². The van der Waals surface area contributed by atoms with Crippen molar-refractivity contribution in [1.82, 2.24) is 4.98 Å². The van der Waals surface area contributed by atoms with E-state index in [0.29, 0.717) is 24.4 Å². The number of nitrogens with one attached hydrogen (secondary N) is 1. The van der Waals surface area contributed by atoms with Crippen LogP contribution in [0.5, 0.6) is 0 Å². The summed E-state index contributed by atoms with van der Waals surface area (Å²) in [5.41, 5.74) is 1.99. The van der Waals surface area contributed by atoms with Crippen molar-refractivity contribution in [2.75, 3.05) is 18.5 Å². The molecule has 0 spiro atoms. The summed E-state index contributed by atoms with van der Waals surface area (Å²) in [6.07, 6.45) is 1.80. The van der Waals surface area contributed by atoms with Gasteiger partial charge in [0.15, 0.2) is 0 Å². The van der Waals surface area contributed by atoms with Crippen LogP contribution in [0.4, 0.5) is 5.69 Å². The molecule has 0 radical (unpaired) electrons. The van der Waals surface area contributed by atoms with E-state index < -0.39 is 0 Å². The van der Waals surface area contributed by atoms with Gasteiger partial charge >= 0.3 is 5.97 Å². The lowest BCUT2D eigenvalue weighted by atomic mass is 10.1. The Kier molecular flexibility index (Phi) is 4.51. The molecule has 0 aliphatic heterocycles. The fourth-order valence-corrected chi connectivity index (χ4v) is 1.94. The zero-order chi connectivity index (χ0) is 14.4. The predicted octanol–water partition coefficient (Wildman–Crippen LogP) is 2.47. The summed E-state index contributed by atoms with van der Waals surface area (Å²) in [6, 6.07) is 9.67. The smallest absolute Gasteiger partial charge is 0.307 e. The number of aromatic nitrogens is 1. The molecule has 0 aliphatic rings. The van der Waals surface area contributed by atoms with Crippen molar-refractivity contribution < 1.29 is 9.53 Å². The van der Waals surface area contributed by atoms with E-state index >= 15 is 0 Å². The Balaban J connectivity index is 2.20. The van der Waals surface area contributed by atoms with Crippen LogP contribution >= 0.6 is 0 Å². The molecule has 0 bridgehead atoms. The van der Waals surface area contributed by atoms with E-state index in [1.165, 1.54) is 6.20 Å². The number of nitriles is 1. The lowest BCUT2D eigenvalue weighted by molar-refractivity contribution is -0.142. The number of hydrogen-bond acceptors (Lipinski definition) is 5. The maximum atomic E-state index is 11.3. The Bertz CT molecular complexity index is 662. The monoisotopic (exact) mass is 269 g/mol. The van der Waals surface area contributed by atoms with Crippen LogP contribution < -0.4 is 5.32 Å². The van der Waals surface area contributed by atoms with Crippen molar-refractivity contribution in [1.29, 1.82) is 5.26 Å². The fraction of sp³-hybridized carbons (Fsp3) is 0.267. The van der Waals surface area contributed by atoms with Crippen molar-refractivity contribution >= 4 is 22.6 Å². The van der Waals surface area contributed by atoms with Crippen LogP contribution in [-0.4, -0.2) is 24.1 Å². The zero-order valence-electron chi connectivity index (χ0n) is 11.2. The molecule has 0 saturated heterocycles. The van der Waals surface area contributed by atoms with Crippen LogP contribution in [-0.2, 0) is 9.53 Å². The summed E-state index contributed by atoms with van der Waals surface area (Å²) in [4.78, 5) is 15.5. The highest BCUT2D eigenvalue weighted by molar-refractivity contribution is 5.93. The van der Waals surface area contributed by atoms with Gasteiger partial charge in [-0.3, -0.25) is 9.78 Å². The van der Waals surface area contributed by atoms with Crippen molar-refractivity contribution in [3.05, 3.63) is 36.0 Å². The summed E-state index contributed by atoms with van der Waals surface area (Å²) in [5, 5.41) is 13.2. The Morgan fingerprint density at radius 2 is 2.25 bits per heavy atom. The van der Waals surface area contributed by atoms with Crippen LogP contribution in [0.15, 0.2) is 30.5 Å². The number of fused-ring (bicyclic) bond motifs is 1. The van der Waals surface area contributed by atoms with Crippen LogP contribution in [0.3, 0.4) is 0 Å². The molecule has 102 valence electrons. The first-order valence-corrected chi connectivity index (χ1v) is 6.43. The Morgan fingerprint density at radius 1 is 1.45 bits per heavy atom. The van der Waals surface area contributed by atoms with Gasteiger partial charge in [0.25, 0.3) is 0 Å². The van der Waals surface area contributed by atoms with Crippen LogP contribution in [0.25, 0.3) is 10.9 Å². The highest BCUT2D eigenvalue weighted by Gasteiger charge is 2.09. The predicted molar refractivity (Wildman–Crippen MR) is 76.2 cm³/mol. The second-order valence-corrected chi connectivity index (χ2v) is 4.16. The fourth-order valence-electron chi connectivity index (χ4n) is 1.94. The lowest BCUT2D eigenvalue weighted by Gasteiger charge is -2.10. The maximum Gasteiger partial charge on any atom is 0.307 e. The third-order valence-corrected chi connectivity index (χ3v) is 2.83. The van der Waals surface area contributed by atoms with Gasteiger partial charge in [0.1, 0.15) is 6.07 Å². The van der Waals surface area contributed by atoms with Gasteiger partial charge in [0.2, 0.25) is 0 Å². The number of hydrogen-bond donors (Lipinski definition) is 1. The average molecular weight is 269 g/mol. The number of pyridine rings is 1. The van der Waals surface area contributed by atoms with Crippen LogP contribution in [0.2, 0.25) is 0 Å². The van der Waals surface area contributed by atoms with Crippen molar-refractivity contribution in [2.45, 2.75) is 13.3 Å². The average Bonchev–Trinajstić information content (AvgIpc) is 2.47. The van der Waals surface area contributed by atoms with Gasteiger partial charge in [-0.05, 0) is 13.0 Å². The van der Waals surface area contributed by atoms with Crippen LogP contribution in [0, 0.1) is 11.3 Å². The minimum Gasteiger partial charge on any atom is -0.466 e. The summed E-state index contributed by atoms with van der Waals surface area (Å²) < 4.78 is 4.87. The molecule has 1 heterocycles. The molecule has 1 N–H and O–H groups in total. The topological polar surface area (TPSA) is 75.0 Å². The number of esters is 1. The minimum absolute atomic E-state index is 0.253. The first kappa shape index (κ1) is 13.8. The summed E-state index contributed by atoms with van der Waals surface area (Å²) in [7, 11) is 0. The van der Waals surface area contributed by atoms with Gasteiger partial charge in [-0.2, -0.15) is 5.26 Å². The Morgan fingerprint density at radius 3 is 3.00 bits per heavy atom. The zero-order valence-corrected chi connectivity index (χ0v) is 11.2. The molecular formula is C15H15N3O2. The molecule has 5 nitrogen and oxygen atoms in total. The molecule has 0 unspecified atom stereocenters. The quantitative estimate of drug-likeness (QED) is 0.844. The van der Waals surface area contributed by atoms with Crippen molar-refractivity contribution in [2.24, 2.45) is 0 Å². The van der Waals surface area contributed by atoms with Gasteiger partial charge in [-0.25, -0.2) is 0 Å². The van der Waals surface area contributed by atoms with Gasteiger partial charge in [-0.1, -0.05) is 18.2 Å². The Labute approximate surface area is 117 Å². The second kappa shape index (κ2) is 6.53. The molecule has 20 heavy (non-hydrogen) atoms. The number of rotatable bonds is 5. The molecule has 0 aliphatic carbocycles. The normalized spacial score (nSPS) is 10.0. The van der Waals surface area contributed by atoms with E-state index in [2.05, 4.69) is 16.4 Å². The third-order valence-electron chi connectivity index (χ3n) is 2.83. The van der Waals surface area contributed by atoms with Gasteiger partial charge in [0, 0.05) is 18.1 Å². The third kappa shape index (κ3) is 3.04. The summed E-state index contributed by atoms with van der Waals surface area (Å²) in [6.45, 7) is 2.57. The molecule has 2 aromatic rings. The van der Waals surface area contributed by atoms with E-state index in [1.807, 2.05) is 24.3 Å². The Hall–Kier alpha value is -2.61. The number of carbonyl (C=O) groups is 1. The highest BCUT2D eigenvalue weighted by Crippen LogP contribution is 2.25. The number of anilines is 1. The van der Waals surface area contributed by atoms with E-state index in [0.717, 1.165) is 10.9 Å². The van der Waals surface area contributed by atoms with Gasteiger partial charge in [0.05, 0.1) is 29.8 Å². The van der Waals surface area contributed by atoms with E-state index in [9.17, 15) is 4.79 Å². The largest absolute Gasteiger partial charge is 0.466 e. The van der Waals surface area contributed by atoms with E-state index in [-0.39, 0.29) is 12.4 Å². The molecule has 0 saturated carbocycles. The first-order valence-electron chi connectivity index (χ1n) is 6.43. The van der Waals surface area contributed by atoms with Crippen molar-refractivity contribution in [3.8, 4) is 6.07 Å². The molecule has 2 rings (SSSR count). The standard InChI is InChI=1S/C15H15N3O2/c1-2-20-14(19)7-8-17-15-11(9-16)10-18-13-6-4-3-5-12(13)15/h3-6,10H,2,7-8H2,1H3,(H,17,18). The number of para-hydroxylation sites is 1. The number of carbonyl (C=O) groups excluding carboxylic acids is 1. The maximum absolute atomic E-state index is 11.3. The molecule has 5 heteroatoms. The SMILES string of the molecule is CCOC(=O)CCNc1c(C#N)cnc2ccccc12. The molecule has 0 atom stereocenters. The first-order chi connectivity index (χ1) is 9.76. The van der Waals surface area contributed by atoms with Gasteiger partial charge < -0.3 is 10.1 Å². The molecular weight excluding hydrogens is 254 g/mol. The molecule has 1 aromatic heterocycles. The number of nitrogens with zero attached hydrogens (tertiary/aromatic N) is 2. The molecule has 1 aromatic carbocycles. The number of benzene rings is 1. The molecule has 0 fully saturated rings. The number of ether oxygens (including phenoxy) is 1. The van der Waals surface area contributed by atoms with Gasteiger partial charge in [-0.15, -0.1) is 0 Å². The highest BCUT2D eigenvalue weighted by atomic mass is 16.5. The lowest BCUT2D eigenvalue weighted by Crippen LogP contribution is -2.12. The van der Waals surface area contributed by atoms with Crippen LogP contribution in [0.1, 0.15) is 18.9 Å². The minimum atomic E-state index is -0.253. The van der Waals surface area contributed by atoms with Crippen molar-refractivity contribution in [3.63, 3.8) is 0 Å². The van der Waals surface area contributed by atoms with E-state index in [1.54, 1.807) is 6.92 Å².